The molecule has 4 heterocycles. The Morgan fingerprint density at radius 2 is 1.65 bits per heavy atom. The van der Waals surface area contributed by atoms with E-state index in [9.17, 15) is 9.59 Å². The normalized spacial score (nSPS) is 11.1. The number of hydrogen-bond acceptors (Lipinski definition) is 5. The standard InChI is InChI=1S/C24H18N4O3/c1-31-18-6-4-17(5-7-18)28-12-9-22-20(24(28)30)13-19-21(26-22)8-11-27(23(19)29)15-16-3-2-10-25-14-16/h2-14H,15H2,1H3. The predicted molar refractivity (Wildman–Crippen MR) is 119 cm³/mol. The Kier molecular flexibility index (Phi) is 4.55. The monoisotopic (exact) mass is 410 g/mol. The molecule has 7 heteroatoms. The number of nitrogens with zero attached hydrogens (tertiary/aromatic N) is 4. The number of methoxy groups -OCH3 is 1. The van der Waals surface area contributed by atoms with Crippen molar-refractivity contribution in [2.24, 2.45) is 0 Å². The van der Waals surface area contributed by atoms with Gasteiger partial charge < -0.3 is 9.30 Å². The summed E-state index contributed by atoms with van der Waals surface area (Å²) in [6, 6.07) is 16.2. The fourth-order valence-corrected chi connectivity index (χ4v) is 3.62. The fraction of sp³-hybridized carbons (Fsp3) is 0.0833. The van der Waals surface area contributed by atoms with Crippen LogP contribution in [0, 0.1) is 0 Å². The number of pyridine rings is 4. The summed E-state index contributed by atoms with van der Waals surface area (Å²) in [6.07, 6.45) is 6.82. The molecule has 0 saturated heterocycles. The van der Waals surface area contributed by atoms with Crippen molar-refractivity contribution in [3.63, 3.8) is 0 Å². The summed E-state index contributed by atoms with van der Waals surface area (Å²) in [6.45, 7) is 0.394. The molecule has 0 saturated carbocycles. The number of benzene rings is 1. The van der Waals surface area contributed by atoms with Gasteiger partial charge in [-0.25, -0.2) is 4.98 Å². The quantitative estimate of drug-likeness (QED) is 0.425. The number of aromatic nitrogens is 4. The van der Waals surface area contributed by atoms with Crippen molar-refractivity contribution in [3.05, 3.63) is 106 Å². The predicted octanol–water partition coefficient (Wildman–Crippen LogP) is 3.15. The third-order valence-corrected chi connectivity index (χ3v) is 5.24. The summed E-state index contributed by atoms with van der Waals surface area (Å²) in [5.74, 6) is 0.708. The average Bonchev–Trinajstić information content (AvgIpc) is 2.81. The summed E-state index contributed by atoms with van der Waals surface area (Å²) in [5.41, 5.74) is 2.29. The maximum Gasteiger partial charge on any atom is 0.264 e. The van der Waals surface area contributed by atoms with Gasteiger partial charge in [0, 0.05) is 30.5 Å². The van der Waals surface area contributed by atoms with Gasteiger partial charge in [-0.2, -0.15) is 0 Å². The molecule has 0 aliphatic rings. The minimum Gasteiger partial charge on any atom is -0.497 e. The number of ether oxygens (including phenoxy) is 1. The minimum atomic E-state index is -0.237. The van der Waals surface area contributed by atoms with E-state index in [1.807, 2.05) is 12.1 Å². The largest absolute Gasteiger partial charge is 0.497 e. The van der Waals surface area contributed by atoms with Gasteiger partial charge in [0.1, 0.15) is 5.75 Å². The van der Waals surface area contributed by atoms with E-state index in [1.54, 1.807) is 78.9 Å². The highest BCUT2D eigenvalue weighted by Gasteiger charge is 2.11. The van der Waals surface area contributed by atoms with Crippen LogP contribution in [0.25, 0.3) is 27.5 Å². The van der Waals surface area contributed by atoms with Gasteiger partial charge in [0.25, 0.3) is 11.1 Å². The van der Waals surface area contributed by atoms with E-state index in [4.69, 9.17) is 4.74 Å². The second kappa shape index (κ2) is 7.53. The zero-order valence-electron chi connectivity index (χ0n) is 16.7. The highest BCUT2D eigenvalue weighted by molar-refractivity contribution is 5.91. The second-order valence-electron chi connectivity index (χ2n) is 7.15. The molecule has 31 heavy (non-hydrogen) atoms. The fourth-order valence-electron chi connectivity index (χ4n) is 3.62. The molecule has 0 atom stereocenters. The zero-order chi connectivity index (χ0) is 21.4. The van der Waals surface area contributed by atoms with Crippen LogP contribution < -0.4 is 15.9 Å². The third kappa shape index (κ3) is 3.36. The van der Waals surface area contributed by atoms with Gasteiger partial charge in [0.2, 0.25) is 0 Å². The van der Waals surface area contributed by atoms with Gasteiger partial charge in [-0.1, -0.05) is 6.07 Å². The van der Waals surface area contributed by atoms with Crippen molar-refractivity contribution >= 4 is 21.8 Å². The van der Waals surface area contributed by atoms with Crippen molar-refractivity contribution in [2.75, 3.05) is 7.11 Å². The Bertz CT molecular complexity index is 1520. The molecule has 152 valence electrons. The van der Waals surface area contributed by atoms with E-state index in [0.717, 1.165) is 5.56 Å². The van der Waals surface area contributed by atoms with Crippen LogP contribution in [0.3, 0.4) is 0 Å². The van der Waals surface area contributed by atoms with Crippen LogP contribution >= 0.6 is 0 Å². The Hall–Kier alpha value is -4.26. The van der Waals surface area contributed by atoms with Gasteiger partial charge >= 0.3 is 0 Å². The molecule has 4 aromatic heterocycles. The summed E-state index contributed by atoms with van der Waals surface area (Å²) in [7, 11) is 1.59. The molecule has 5 aromatic rings. The molecule has 7 nitrogen and oxygen atoms in total. The van der Waals surface area contributed by atoms with Gasteiger partial charge in [-0.15, -0.1) is 0 Å². The molecule has 0 bridgehead atoms. The van der Waals surface area contributed by atoms with Crippen LogP contribution in [0.4, 0.5) is 0 Å². The topological polar surface area (TPSA) is 79.0 Å². The van der Waals surface area contributed by atoms with E-state index < -0.39 is 0 Å². The Balaban J connectivity index is 1.66. The summed E-state index contributed by atoms with van der Waals surface area (Å²) in [5, 5.41) is 0.797. The first-order valence-electron chi connectivity index (χ1n) is 9.73. The van der Waals surface area contributed by atoms with Crippen molar-refractivity contribution in [2.45, 2.75) is 6.54 Å². The second-order valence-corrected chi connectivity index (χ2v) is 7.15. The molecule has 0 aliphatic heterocycles. The lowest BCUT2D eigenvalue weighted by Gasteiger charge is -2.10. The highest BCUT2D eigenvalue weighted by atomic mass is 16.5. The molecule has 5 rings (SSSR count). The molecule has 0 fully saturated rings. The van der Waals surface area contributed by atoms with Crippen molar-refractivity contribution < 1.29 is 4.74 Å². The number of rotatable bonds is 4. The lowest BCUT2D eigenvalue weighted by atomic mass is 10.1. The molecule has 0 amide bonds. The number of fused-ring (bicyclic) bond motifs is 2. The van der Waals surface area contributed by atoms with Gasteiger partial charge in [0.05, 0.1) is 35.5 Å². The number of hydrogen-bond donors (Lipinski definition) is 0. The van der Waals surface area contributed by atoms with Crippen molar-refractivity contribution in [3.8, 4) is 11.4 Å². The minimum absolute atomic E-state index is 0.199. The molecule has 0 radical (unpaired) electrons. The van der Waals surface area contributed by atoms with E-state index >= 15 is 0 Å². The Morgan fingerprint density at radius 1 is 0.903 bits per heavy atom. The maximum atomic E-state index is 13.2. The molecular weight excluding hydrogens is 392 g/mol. The van der Waals surface area contributed by atoms with Crippen LogP contribution in [0.15, 0.2) is 89.0 Å². The lowest BCUT2D eigenvalue weighted by molar-refractivity contribution is 0.414. The first kappa shape index (κ1) is 18.7. The van der Waals surface area contributed by atoms with Crippen LogP contribution in [0.5, 0.6) is 5.75 Å². The van der Waals surface area contributed by atoms with E-state index in [0.29, 0.717) is 39.8 Å². The van der Waals surface area contributed by atoms with Gasteiger partial charge in [-0.05, 0) is 54.1 Å². The molecule has 0 aliphatic carbocycles. The van der Waals surface area contributed by atoms with Crippen LogP contribution in [0.1, 0.15) is 5.56 Å². The third-order valence-electron chi connectivity index (χ3n) is 5.24. The van der Waals surface area contributed by atoms with Crippen LogP contribution in [0.2, 0.25) is 0 Å². The molecule has 0 spiro atoms. The van der Waals surface area contributed by atoms with Crippen LogP contribution in [-0.4, -0.2) is 26.2 Å². The summed E-state index contributed by atoms with van der Waals surface area (Å²) >= 11 is 0. The average molecular weight is 410 g/mol. The van der Waals surface area contributed by atoms with Crippen LogP contribution in [-0.2, 0) is 6.54 Å². The maximum absolute atomic E-state index is 13.2. The first-order chi connectivity index (χ1) is 15.1. The SMILES string of the molecule is COc1ccc(-n2ccc3nc4ccn(Cc5cccnc5)c(=O)c4cc3c2=O)cc1. The first-order valence-corrected chi connectivity index (χ1v) is 9.73. The zero-order valence-corrected chi connectivity index (χ0v) is 16.7. The Labute approximate surface area is 176 Å². The Morgan fingerprint density at radius 3 is 2.35 bits per heavy atom. The highest BCUT2D eigenvalue weighted by Crippen LogP contribution is 2.18. The van der Waals surface area contributed by atoms with Gasteiger partial charge in [0.15, 0.2) is 0 Å². The van der Waals surface area contributed by atoms with E-state index in [-0.39, 0.29) is 11.1 Å². The smallest absolute Gasteiger partial charge is 0.264 e. The molecular formula is C24H18N4O3. The van der Waals surface area contributed by atoms with Crippen molar-refractivity contribution in [1.29, 1.82) is 0 Å². The molecule has 0 N–H and O–H groups in total. The van der Waals surface area contributed by atoms with Crippen molar-refractivity contribution in [1.82, 2.24) is 19.1 Å². The molecule has 0 unspecified atom stereocenters. The molecule has 1 aromatic carbocycles. The van der Waals surface area contributed by atoms with E-state index in [1.165, 1.54) is 4.57 Å². The summed E-state index contributed by atoms with van der Waals surface area (Å²) < 4.78 is 8.31. The van der Waals surface area contributed by atoms with Gasteiger partial charge in [-0.3, -0.25) is 19.1 Å². The van der Waals surface area contributed by atoms with E-state index in [2.05, 4.69) is 9.97 Å². The lowest BCUT2D eigenvalue weighted by Crippen LogP contribution is -2.22. The summed E-state index contributed by atoms with van der Waals surface area (Å²) in [4.78, 5) is 34.9.